The van der Waals surface area contributed by atoms with Gasteiger partial charge in [-0.3, -0.25) is 14.3 Å². The summed E-state index contributed by atoms with van der Waals surface area (Å²) in [5, 5.41) is 13.2. The number of aryl methyl sites for hydroxylation is 2. The highest BCUT2D eigenvalue weighted by atomic mass is 16.4. The zero-order valence-corrected chi connectivity index (χ0v) is 12.9. The number of aromatic nitrogens is 2. The van der Waals surface area contributed by atoms with Gasteiger partial charge in [0.15, 0.2) is 0 Å². The Kier molecular flexibility index (Phi) is 4.60. The minimum Gasteiger partial charge on any atom is -0.480 e. The number of hydrogen-bond donors (Lipinski definition) is 1. The Morgan fingerprint density at radius 3 is 2.59 bits per heavy atom. The number of likely N-dealkylation sites (N-methyl/N-ethyl adjacent to an activating group) is 1. The third-order valence-corrected chi connectivity index (χ3v) is 3.33. The fraction of sp³-hybridized carbons (Fsp3) is 0.312. The fourth-order valence-corrected chi connectivity index (χ4v) is 2.31. The Morgan fingerprint density at radius 1 is 1.27 bits per heavy atom. The standard InChI is InChI=1S/C16H19N3O3/c1-11-7-12(2)19(17-11)9-13-5-4-6-14(8-13)16(22)18(3)10-15(20)21/h4-8H,9-10H2,1-3H3,(H,20,21). The first kappa shape index (κ1) is 15.8. The molecule has 0 aliphatic carbocycles. The van der Waals surface area contributed by atoms with Gasteiger partial charge >= 0.3 is 5.97 Å². The van der Waals surface area contributed by atoms with E-state index in [9.17, 15) is 9.59 Å². The second-order valence-corrected chi connectivity index (χ2v) is 5.34. The SMILES string of the molecule is Cc1cc(C)n(Cc2cccc(C(=O)N(C)CC(=O)O)c2)n1. The number of carboxylic acids is 1. The molecule has 6 nitrogen and oxygen atoms in total. The number of aliphatic carboxylic acids is 1. The summed E-state index contributed by atoms with van der Waals surface area (Å²) in [6.07, 6.45) is 0. The molecule has 1 N–H and O–H groups in total. The maximum atomic E-state index is 12.2. The van der Waals surface area contributed by atoms with Gasteiger partial charge in [0.05, 0.1) is 12.2 Å². The highest BCUT2D eigenvalue weighted by Crippen LogP contribution is 2.11. The van der Waals surface area contributed by atoms with Crippen LogP contribution in [0.2, 0.25) is 0 Å². The summed E-state index contributed by atoms with van der Waals surface area (Å²) < 4.78 is 1.87. The van der Waals surface area contributed by atoms with Crippen LogP contribution in [0, 0.1) is 13.8 Å². The predicted octanol–water partition coefficient (Wildman–Crippen LogP) is 1.70. The number of nitrogens with zero attached hydrogens (tertiary/aromatic N) is 3. The molecule has 0 bridgehead atoms. The zero-order valence-electron chi connectivity index (χ0n) is 12.9. The van der Waals surface area contributed by atoms with Gasteiger partial charge in [-0.25, -0.2) is 0 Å². The van der Waals surface area contributed by atoms with Gasteiger partial charge in [-0.15, -0.1) is 0 Å². The third kappa shape index (κ3) is 3.72. The second-order valence-electron chi connectivity index (χ2n) is 5.34. The smallest absolute Gasteiger partial charge is 0.323 e. The van der Waals surface area contributed by atoms with E-state index in [0.717, 1.165) is 17.0 Å². The van der Waals surface area contributed by atoms with Gasteiger partial charge in [0.25, 0.3) is 5.91 Å². The number of carbonyl (C=O) groups is 2. The number of carbonyl (C=O) groups excluding carboxylic acids is 1. The normalized spacial score (nSPS) is 10.5. The average molecular weight is 301 g/mol. The van der Waals surface area contributed by atoms with Crippen molar-refractivity contribution in [2.24, 2.45) is 0 Å². The largest absolute Gasteiger partial charge is 0.480 e. The predicted molar refractivity (Wildman–Crippen MR) is 81.8 cm³/mol. The molecular weight excluding hydrogens is 282 g/mol. The molecule has 1 amide bonds. The molecular formula is C16H19N3O3. The van der Waals surface area contributed by atoms with E-state index in [2.05, 4.69) is 5.10 Å². The van der Waals surface area contributed by atoms with Crippen LogP contribution in [0.4, 0.5) is 0 Å². The molecule has 0 saturated carbocycles. The van der Waals surface area contributed by atoms with Gasteiger partial charge in [-0.1, -0.05) is 12.1 Å². The molecule has 0 atom stereocenters. The Labute approximate surface area is 129 Å². The number of hydrogen-bond acceptors (Lipinski definition) is 3. The van der Waals surface area contributed by atoms with Crippen LogP contribution >= 0.6 is 0 Å². The number of amides is 1. The molecule has 1 aromatic carbocycles. The number of rotatable bonds is 5. The summed E-state index contributed by atoms with van der Waals surface area (Å²) >= 11 is 0. The third-order valence-electron chi connectivity index (χ3n) is 3.33. The van der Waals surface area contributed by atoms with E-state index < -0.39 is 5.97 Å². The van der Waals surface area contributed by atoms with Gasteiger partial charge in [0, 0.05) is 18.3 Å². The van der Waals surface area contributed by atoms with E-state index in [-0.39, 0.29) is 12.5 Å². The van der Waals surface area contributed by atoms with Crippen molar-refractivity contribution < 1.29 is 14.7 Å². The van der Waals surface area contributed by atoms with Crippen molar-refractivity contribution in [2.75, 3.05) is 13.6 Å². The minimum atomic E-state index is -1.03. The number of carboxylic acid groups (broad SMARTS) is 1. The van der Waals surface area contributed by atoms with E-state index in [4.69, 9.17) is 5.11 Å². The van der Waals surface area contributed by atoms with Crippen molar-refractivity contribution in [1.82, 2.24) is 14.7 Å². The lowest BCUT2D eigenvalue weighted by molar-refractivity contribution is -0.137. The van der Waals surface area contributed by atoms with Crippen LogP contribution in [-0.2, 0) is 11.3 Å². The van der Waals surface area contributed by atoms with Crippen molar-refractivity contribution in [2.45, 2.75) is 20.4 Å². The first-order valence-corrected chi connectivity index (χ1v) is 6.94. The van der Waals surface area contributed by atoms with Crippen LogP contribution in [0.25, 0.3) is 0 Å². The molecule has 2 aromatic rings. The summed E-state index contributed by atoms with van der Waals surface area (Å²) in [6.45, 7) is 4.17. The Balaban J connectivity index is 2.18. The molecule has 22 heavy (non-hydrogen) atoms. The van der Waals surface area contributed by atoms with Crippen LogP contribution in [0.5, 0.6) is 0 Å². The first-order valence-electron chi connectivity index (χ1n) is 6.94. The zero-order chi connectivity index (χ0) is 16.3. The minimum absolute atomic E-state index is 0.308. The summed E-state index contributed by atoms with van der Waals surface area (Å²) in [4.78, 5) is 24.1. The molecule has 0 spiro atoms. The van der Waals surface area contributed by atoms with Crippen molar-refractivity contribution in [3.63, 3.8) is 0 Å². The molecule has 0 saturated heterocycles. The summed E-state index contributed by atoms with van der Waals surface area (Å²) in [7, 11) is 1.48. The lowest BCUT2D eigenvalue weighted by Gasteiger charge is -2.15. The number of benzene rings is 1. The van der Waals surface area contributed by atoms with Crippen molar-refractivity contribution in [1.29, 1.82) is 0 Å². The second kappa shape index (κ2) is 6.43. The molecule has 0 aliphatic rings. The lowest BCUT2D eigenvalue weighted by Crippen LogP contribution is -2.31. The monoisotopic (exact) mass is 301 g/mol. The van der Waals surface area contributed by atoms with E-state index in [0.29, 0.717) is 12.1 Å². The average Bonchev–Trinajstić information content (AvgIpc) is 2.75. The van der Waals surface area contributed by atoms with Gasteiger partial charge < -0.3 is 10.0 Å². The summed E-state index contributed by atoms with van der Waals surface area (Å²) in [6, 6.07) is 9.17. The van der Waals surface area contributed by atoms with Gasteiger partial charge in [-0.05, 0) is 37.6 Å². The molecule has 1 aromatic heterocycles. The molecule has 6 heteroatoms. The summed E-state index contributed by atoms with van der Waals surface area (Å²) in [5.41, 5.74) is 3.42. The van der Waals surface area contributed by atoms with E-state index in [1.54, 1.807) is 18.2 Å². The topological polar surface area (TPSA) is 75.4 Å². The van der Waals surface area contributed by atoms with Gasteiger partial charge in [0.1, 0.15) is 6.54 Å². The van der Waals surface area contributed by atoms with E-state index >= 15 is 0 Å². The van der Waals surface area contributed by atoms with Crippen LogP contribution < -0.4 is 0 Å². The Bertz CT molecular complexity index is 706. The molecule has 116 valence electrons. The lowest BCUT2D eigenvalue weighted by atomic mass is 10.1. The molecule has 1 heterocycles. The van der Waals surface area contributed by atoms with Gasteiger partial charge in [0.2, 0.25) is 0 Å². The van der Waals surface area contributed by atoms with Crippen molar-refractivity contribution in [3.05, 3.63) is 52.8 Å². The Morgan fingerprint density at radius 2 is 2.00 bits per heavy atom. The van der Waals surface area contributed by atoms with Crippen molar-refractivity contribution in [3.8, 4) is 0 Å². The van der Waals surface area contributed by atoms with E-state index in [1.807, 2.05) is 30.7 Å². The first-order chi connectivity index (χ1) is 10.4. The molecule has 0 radical (unpaired) electrons. The highest BCUT2D eigenvalue weighted by Gasteiger charge is 2.14. The fourth-order valence-electron chi connectivity index (χ4n) is 2.31. The molecule has 0 unspecified atom stereocenters. The van der Waals surface area contributed by atoms with E-state index in [1.165, 1.54) is 11.9 Å². The highest BCUT2D eigenvalue weighted by molar-refractivity contribution is 5.95. The van der Waals surface area contributed by atoms with Crippen molar-refractivity contribution >= 4 is 11.9 Å². The molecule has 0 fully saturated rings. The summed E-state index contributed by atoms with van der Waals surface area (Å²) in [5.74, 6) is -1.34. The maximum Gasteiger partial charge on any atom is 0.323 e. The van der Waals surface area contributed by atoms with Crippen LogP contribution in [-0.4, -0.2) is 45.3 Å². The molecule has 0 aliphatic heterocycles. The quantitative estimate of drug-likeness (QED) is 0.912. The van der Waals surface area contributed by atoms with Crippen LogP contribution in [0.15, 0.2) is 30.3 Å². The van der Waals surface area contributed by atoms with Gasteiger partial charge in [-0.2, -0.15) is 5.10 Å². The maximum absolute atomic E-state index is 12.2. The van der Waals surface area contributed by atoms with Crippen LogP contribution in [0.1, 0.15) is 27.3 Å². The Hall–Kier alpha value is -2.63. The molecule has 2 rings (SSSR count). The van der Waals surface area contributed by atoms with Crippen LogP contribution in [0.3, 0.4) is 0 Å².